The van der Waals surface area contributed by atoms with E-state index in [0.29, 0.717) is 6.54 Å². The summed E-state index contributed by atoms with van der Waals surface area (Å²) in [4.78, 5) is 48.3. The van der Waals surface area contributed by atoms with Gasteiger partial charge in [-0.3, -0.25) is 24.5 Å². The van der Waals surface area contributed by atoms with E-state index in [0.717, 1.165) is 31.7 Å². The van der Waals surface area contributed by atoms with Crippen LogP contribution in [0.1, 0.15) is 32.1 Å². The SMILES string of the molecule is O=C(COC(=O)[C@@H]1CC(=O)N(C2CCCC2)C1)Nc1ccc(Cl)c([N+](=O)[O-])c1. The van der Waals surface area contributed by atoms with Crippen molar-refractivity contribution in [3.05, 3.63) is 33.3 Å². The lowest BCUT2D eigenvalue weighted by Crippen LogP contribution is -2.35. The molecule has 3 rings (SSSR count). The van der Waals surface area contributed by atoms with Gasteiger partial charge < -0.3 is 15.0 Å². The monoisotopic (exact) mass is 409 g/mol. The van der Waals surface area contributed by atoms with Crippen LogP contribution in [0.4, 0.5) is 11.4 Å². The molecular formula is C18H20ClN3O6. The molecular weight excluding hydrogens is 390 g/mol. The maximum Gasteiger partial charge on any atom is 0.311 e. The molecule has 1 N–H and O–H groups in total. The lowest BCUT2D eigenvalue weighted by Gasteiger charge is -2.23. The first-order chi connectivity index (χ1) is 13.3. The normalized spacial score (nSPS) is 19.7. The van der Waals surface area contributed by atoms with Crippen molar-refractivity contribution >= 4 is 40.8 Å². The summed E-state index contributed by atoms with van der Waals surface area (Å²) < 4.78 is 5.03. The minimum absolute atomic E-state index is 0.0489. The van der Waals surface area contributed by atoms with Crippen molar-refractivity contribution in [3.8, 4) is 0 Å². The molecule has 0 unspecified atom stereocenters. The third-order valence-corrected chi connectivity index (χ3v) is 5.35. The maximum absolute atomic E-state index is 12.2. The topological polar surface area (TPSA) is 119 Å². The average Bonchev–Trinajstić information content (AvgIpc) is 3.30. The van der Waals surface area contributed by atoms with Crippen LogP contribution in [-0.4, -0.2) is 46.8 Å². The highest BCUT2D eigenvalue weighted by molar-refractivity contribution is 6.32. The fourth-order valence-electron chi connectivity index (χ4n) is 3.64. The zero-order valence-corrected chi connectivity index (χ0v) is 15.8. The van der Waals surface area contributed by atoms with Crippen molar-refractivity contribution in [3.63, 3.8) is 0 Å². The number of amides is 2. The molecule has 2 aliphatic rings. The number of nitro groups is 1. The molecule has 1 saturated heterocycles. The van der Waals surface area contributed by atoms with Gasteiger partial charge in [0.15, 0.2) is 6.61 Å². The average molecular weight is 410 g/mol. The van der Waals surface area contributed by atoms with Crippen molar-refractivity contribution in [1.82, 2.24) is 4.90 Å². The van der Waals surface area contributed by atoms with Crippen LogP contribution in [-0.2, 0) is 19.1 Å². The number of nitro benzene ring substituents is 1. The van der Waals surface area contributed by atoms with Crippen LogP contribution in [0.25, 0.3) is 0 Å². The molecule has 10 heteroatoms. The second-order valence-corrected chi connectivity index (χ2v) is 7.37. The smallest absolute Gasteiger partial charge is 0.311 e. The molecule has 2 fully saturated rings. The van der Waals surface area contributed by atoms with Crippen molar-refractivity contribution < 1.29 is 24.0 Å². The number of benzene rings is 1. The van der Waals surface area contributed by atoms with Gasteiger partial charge in [0.2, 0.25) is 5.91 Å². The quantitative estimate of drug-likeness (QED) is 0.438. The molecule has 0 aromatic heterocycles. The lowest BCUT2D eigenvalue weighted by molar-refractivity contribution is -0.384. The molecule has 1 aliphatic heterocycles. The Kier molecular flexibility index (Phi) is 6.13. The standard InChI is InChI=1S/C18H20ClN3O6/c19-14-6-5-12(8-15(14)22(26)27)20-16(23)10-28-18(25)11-7-17(24)21(9-11)13-3-1-2-4-13/h5-6,8,11,13H,1-4,7,9-10H2,(H,20,23)/t11-/m1/s1. The van der Waals surface area contributed by atoms with Crippen LogP contribution in [0.5, 0.6) is 0 Å². The molecule has 1 aliphatic carbocycles. The van der Waals surface area contributed by atoms with Gasteiger partial charge in [0, 0.05) is 30.8 Å². The summed E-state index contributed by atoms with van der Waals surface area (Å²) in [5.41, 5.74) is -0.173. The van der Waals surface area contributed by atoms with E-state index >= 15 is 0 Å². The van der Waals surface area contributed by atoms with Crippen LogP contribution in [0.15, 0.2) is 18.2 Å². The number of hydrogen-bond donors (Lipinski definition) is 1. The van der Waals surface area contributed by atoms with Crippen molar-refractivity contribution in [1.29, 1.82) is 0 Å². The molecule has 1 aromatic carbocycles. The molecule has 150 valence electrons. The Balaban J connectivity index is 1.49. The Morgan fingerprint density at radius 2 is 2.04 bits per heavy atom. The summed E-state index contributed by atoms with van der Waals surface area (Å²) >= 11 is 5.72. The Morgan fingerprint density at radius 3 is 2.71 bits per heavy atom. The summed E-state index contributed by atoms with van der Waals surface area (Å²) in [6.45, 7) is -0.212. The second kappa shape index (κ2) is 8.55. The first kappa shape index (κ1) is 20.1. The van der Waals surface area contributed by atoms with E-state index in [1.54, 1.807) is 4.90 Å². The van der Waals surface area contributed by atoms with Gasteiger partial charge in [-0.2, -0.15) is 0 Å². The molecule has 1 saturated carbocycles. The van der Waals surface area contributed by atoms with Crippen LogP contribution >= 0.6 is 11.6 Å². The summed E-state index contributed by atoms with van der Waals surface area (Å²) in [5.74, 6) is -1.85. The Labute approximate surface area is 166 Å². The molecule has 9 nitrogen and oxygen atoms in total. The number of esters is 1. The zero-order valence-electron chi connectivity index (χ0n) is 15.1. The van der Waals surface area contributed by atoms with Crippen molar-refractivity contribution in [2.75, 3.05) is 18.5 Å². The number of rotatable bonds is 6. The van der Waals surface area contributed by atoms with Gasteiger partial charge in [-0.1, -0.05) is 24.4 Å². The van der Waals surface area contributed by atoms with Gasteiger partial charge in [-0.25, -0.2) is 0 Å². The number of nitrogens with one attached hydrogen (secondary N) is 1. The molecule has 0 radical (unpaired) electrons. The highest BCUT2D eigenvalue weighted by Gasteiger charge is 2.39. The summed E-state index contributed by atoms with van der Waals surface area (Å²) in [6.07, 6.45) is 4.20. The summed E-state index contributed by atoms with van der Waals surface area (Å²) in [6, 6.07) is 4.03. The lowest BCUT2D eigenvalue weighted by atomic mass is 10.1. The highest BCUT2D eigenvalue weighted by Crippen LogP contribution is 2.30. The third-order valence-electron chi connectivity index (χ3n) is 5.03. The first-order valence-electron chi connectivity index (χ1n) is 9.05. The number of carbonyl (C=O) groups is 3. The van der Waals surface area contributed by atoms with Gasteiger partial charge in [-0.15, -0.1) is 0 Å². The van der Waals surface area contributed by atoms with Crippen LogP contribution in [0.2, 0.25) is 5.02 Å². The number of carbonyl (C=O) groups excluding carboxylic acids is 3. The van der Waals surface area contributed by atoms with Crippen LogP contribution < -0.4 is 5.32 Å². The van der Waals surface area contributed by atoms with Crippen LogP contribution in [0, 0.1) is 16.0 Å². The number of likely N-dealkylation sites (tertiary alicyclic amines) is 1. The number of halogens is 1. The van der Waals surface area contributed by atoms with E-state index in [-0.39, 0.29) is 34.8 Å². The van der Waals surface area contributed by atoms with Gasteiger partial charge in [-0.05, 0) is 25.0 Å². The predicted octanol–water partition coefficient (Wildman–Crippen LogP) is 2.52. The second-order valence-electron chi connectivity index (χ2n) is 6.96. The summed E-state index contributed by atoms with van der Waals surface area (Å²) in [5, 5.41) is 13.2. The molecule has 1 heterocycles. The van der Waals surface area contributed by atoms with Gasteiger partial charge in [0.1, 0.15) is 5.02 Å². The molecule has 0 spiro atoms. The molecule has 0 bridgehead atoms. The molecule has 1 atom stereocenters. The Hall–Kier alpha value is -2.68. The maximum atomic E-state index is 12.2. The molecule has 1 aromatic rings. The number of hydrogen-bond acceptors (Lipinski definition) is 6. The Bertz CT molecular complexity index is 809. The number of nitrogens with zero attached hydrogens (tertiary/aromatic N) is 2. The fourth-order valence-corrected chi connectivity index (χ4v) is 3.83. The van der Waals surface area contributed by atoms with Crippen molar-refractivity contribution in [2.24, 2.45) is 5.92 Å². The summed E-state index contributed by atoms with van der Waals surface area (Å²) in [7, 11) is 0. The Morgan fingerprint density at radius 1 is 1.32 bits per heavy atom. The van der Waals surface area contributed by atoms with E-state index in [1.807, 2.05) is 0 Å². The zero-order chi connectivity index (χ0) is 20.3. The predicted molar refractivity (Wildman–Crippen MR) is 99.8 cm³/mol. The molecule has 28 heavy (non-hydrogen) atoms. The van der Waals surface area contributed by atoms with Gasteiger partial charge in [0.05, 0.1) is 10.8 Å². The van der Waals surface area contributed by atoms with Crippen LogP contribution in [0.3, 0.4) is 0 Å². The minimum atomic E-state index is -0.661. The number of ether oxygens (including phenoxy) is 1. The van der Waals surface area contributed by atoms with E-state index in [2.05, 4.69) is 5.32 Å². The third kappa shape index (κ3) is 4.59. The van der Waals surface area contributed by atoms with Crippen molar-refractivity contribution in [2.45, 2.75) is 38.1 Å². The van der Waals surface area contributed by atoms with Gasteiger partial charge in [0.25, 0.3) is 11.6 Å². The van der Waals surface area contributed by atoms with E-state index in [1.165, 1.54) is 12.1 Å². The van der Waals surface area contributed by atoms with E-state index in [4.69, 9.17) is 16.3 Å². The van der Waals surface area contributed by atoms with E-state index < -0.39 is 29.3 Å². The fraction of sp³-hybridized carbons (Fsp3) is 0.500. The number of anilines is 1. The van der Waals surface area contributed by atoms with E-state index in [9.17, 15) is 24.5 Å². The largest absolute Gasteiger partial charge is 0.455 e. The minimum Gasteiger partial charge on any atom is -0.455 e. The molecule has 2 amide bonds. The first-order valence-corrected chi connectivity index (χ1v) is 9.43. The van der Waals surface area contributed by atoms with Gasteiger partial charge >= 0.3 is 5.97 Å². The highest BCUT2D eigenvalue weighted by atomic mass is 35.5.